The maximum absolute atomic E-state index is 13.7. The van der Waals surface area contributed by atoms with Crippen molar-refractivity contribution in [2.45, 2.75) is 78.6 Å². The van der Waals surface area contributed by atoms with Crippen molar-refractivity contribution in [3.05, 3.63) is 23.3 Å². The van der Waals surface area contributed by atoms with Gasteiger partial charge in [-0.3, -0.25) is 14.4 Å². The summed E-state index contributed by atoms with van der Waals surface area (Å²) in [6.45, 7) is 10.2. The molecule has 3 N–H and O–H groups in total. The molecule has 6 nitrogen and oxygen atoms in total. The molecule has 0 aromatic carbocycles. The van der Waals surface area contributed by atoms with Gasteiger partial charge in [-0.25, -0.2) is 0 Å². The van der Waals surface area contributed by atoms with Crippen molar-refractivity contribution in [1.82, 2.24) is 5.32 Å². The summed E-state index contributed by atoms with van der Waals surface area (Å²) in [7, 11) is 0. The smallest absolute Gasteiger partial charge is 0.235 e. The van der Waals surface area contributed by atoms with Crippen LogP contribution >= 0.6 is 0 Å². The van der Waals surface area contributed by atoms with E-state index in [0.717, 1.165) is 17.6 Å². The lowest BCUT2D eigenvalue weighted by Gasteiger charge is -2.45. The van der Waals surface area contributed by atoms with Crippen molar-refractivity contribution >= 4 is 17.5 Å². The first-order chi connectivity index (χ1) is 14.0. The highest BCUT2D eigenvalue weighted by Crippen LogP contribution is 2.55. The fraction of sp³-hybridized carbons (Fsp3) is 0.708. The topological polar surface area (TPSA) is 104 Å². The van der Waals surface area contributed by atoms with Gasteiger partial charge in [0.15, 0.2) is 11.6 Å². The number of amides is 1. The second-order valence-corrected chi connectivity index (χ2v) is 9.94. The molecule has 3 rings (SSSR count). The summed E-state index contributed by atoms with van der Waals surface area (Å²) in [5, 5.41) is 23.7. The van der Waals surface area contributed by atoms with E-state index in [1.165, 1.54) is 0 Å². The van der Waals surface area contributed by atoms with Crippen LogP contribution in [0.2, 0.25) is 0 Å². The van der Waals surface area contributed by atoms with E-state index in [1.54, 1.807) is 0 Å². The first-order valence-corrected chi connectivity index (χ1v) is 11.1. The molecule has 0 radical (unpaired) electrons. The van der Waals surface area contributed by atoms with Gasteiger partial charge in [-0.2, -0.15) is 0 Å². The van der Waals surface area contributed by atoms with E-state index >= 15 is 0 Å². The number of Topliss-reactive ketones (excluding diaryl/α,β-unsaturated/α-hetero) is 2. The average Bonchev–Trinajstić information content (AvgIpc) is 2.94. The molecular weight excluding hydrogens is 382 g/mol. The van der Waals surface area contributed by atoms with Crippen molar-refractivity contribution in [3.8, 4) is 0 Å². The number of ketones is 2. The molecule has 2 aliphatic carbocycles. The Kier molecular flexibility index (Phi) is 6.40. The lowest BCUT2D eigenvalue weighted by Crippen LogP contribution is -2.53. The van der Waals surface area contributed by atoms with Gasteiger partial charge in [-0.1, -0.05) is 44.1 Å². The quantitative estimate of drug-likeness (QED) is 0.473. The molecule has 0 saturated carbocycles. The fourth-order valence-corrected chi connectivity index (χ4v) is 5.77. The summed E-state index contributed by atoms with van der Waals surface area (Å²) >= 11 is 0. The molecule has 1 heterocycles. The minimum atomic E-state index is -1.60. The molecule has 1 amide bonds. The van der Waals surface area contributed by atoms with Crippen LogP contribution in [0.5, 0.6) is 0 Å². The van der Waals surface area contributed by atoms with Crippen LogP contribution in [-0.4, -0.2) is 45.9 Å². The third-order valence-electron chi connectivity index (χ3n) is 7.38. The van der Waals surface area contributed by atoms with E-state index in [-0.39, 0.29) is 30.2 Å². The molecule has 1 saturated heterocycles. The van der Waals surface area contributed by atoms with Crippen molar-refractivity contribution in [2.24, 2.45) is 29.1 Å². The molecular formula is C24H35NO5. The summed E-state index contributed by atoms with van der Waals surface area (Å²) in [4.78, 5) is 39.7. The zero-order valence-electron chi connectivity index (χ0n) is 18.6. The van der Waals surface area contributed by atoms with Crippen LogP contribution in [0.25, 0.3) is 0 Å². The highest BCUT2D eigenvalue weighted by molar-refractivity contribution is 6.10. The Morgan fingerprint density at radius 1 is 1.13 bits per heavy atom. The van der Waals surface area contributed by atoms with E-state index in [2.05, 4.69) is 26.1 Å². The Labute approximate surface area is 178 Å². The summed E-state index contributed by atoms with van der Waals surface area (Å²) < 4.78 is 0. The van der Waals surface area contributed by atoms with Gasteiger partial charge in [-0.05, 0) is 44.9 Å². The van der Waals surface area contributed by atoms with Crippen LogP contribution in [-0.2, 0) is 14.4 Å². The minimum absolute atomic E-state index is 0.0187. The number of hydrogen-bond donors (Lipinski definition) is 3. The predicted molar refractivity (Wildman–Crippen MR) is 113 cm³/mol. The normalized spacial score (nSPS) is 41.9. The number of carbonyl (C=O) groups is 3. The monoisotopic (exact) mass is 417 g/mol. The van der Waals surface area contributed by atoms with Gasteiger partial charge < -0.3 is 15.5 Å². The van der Waals surface area contributed by atoms with Gasteiger partial charge in [-0.15, -0.1) is 0 Å². The molecule has 1 spiro atoms. The third kappa shape index (κ3) is 3.69. The maximum Gasteiger partial charge on any atom is 0.235 e. The molecule has 1 aliphatic heterocycles. The largest absolute Gasteiger partial charge is 0.385 e. The van der Waals surface area contributed by atoms with Crippen molar-refractivity contribution in [3.63, 3.8) is 0 Å². The molecule has 1 fully saturated rings. The van der Waals surface area contributed by atoms with E-state index < -0.39 is 41.5 Å². The lowest BCUT2D eigenvalue weighted by atomic mass is 9.54. The van der Waals surface area contributed by atoms with E-state index in [1.807, 2.05) is 26.0 Å². The SMILES string of the molecule is CC1=C[C@@H]2/C=C(\C)CC[C@H](O)C(=O)[C@H](O)CC(=O)[C@@]23C(=O)N[C@H](CC(C)C)[C@H]3[C@@H]1C. The van der Waals surface area contributed by atoms with Crippen LogP contribution in [0, 0.1) is 29.1 Å². The number of hydrogen-bond acceptors (Lipinski definition) is 5. The van der Waals surface area contributed by atoms with Gasteiger partial charge in [0.2, 0.25) is 5.91 Å². The van der Waals surface area contributed by atoms with Gasteiger partial charge in [0.25, 0.3) is 0 Å². The van der Waals surface area contributed by atoms with Crippen LogP contribution in [0.1, 0.15) is 60.3 Å². The van der Waals surface area contributed by atoms with Crippen LogP contribution in [0.15, 0.2) is 23.3 Å². The summed E-state index contributed by atoms with van der Waals surface area (Å²) in [6.07, 6.45) is 2.04. The summed E-state index contributed by atoms with van der Waals surface area (Å²) in [5.41, 5.74) is 0.734. The van der Waals surface area contributed by atoms with Crippen molar-refractivity contribution in [1.29, 1.82) is 0 Å². The first-order valence-electron chi connectivity index (χ1n) is 11.1. The highest BCUT2D eigenvalue weighted by atomic mass is 16.3. The number of aliphatic hydroxyl groups is 2. The Morgan fingerprint density at radius 2 is 1.80 bits per heavy atom. The van der Waals surface area contributed by atoms with Crippen LogP contribution in [0.4, 0.5) is 0 Å². The zero-order valence-corrected chi connectivity index (χ0v) is 18.6. The van der Waals surface area contributed by atoms with Crippen LogP contribution in [0.3, 0.4) is 0 Å². The van der Waals surface area contributed by atoms with E-state index in [4.69, 9.17) is 0 Å². The predicted octanol–water partition coefficient (Wildman–Crippen LogP) is 2.34. The molecule has 3 aliphatic rings. The fourth-order valence-electron chi connectivity index (χ4n) is 5.77. The molecule has 30 heavy (non-hydrogen) atoms. The molecule has 6 heteroatoms. The maximum atomic E-state index is 13.7. The number of allylic oxidation sites excluding steroid dienone is 4. The average molecular weight is 418 g/mol. The molecule has 0 aromatic rings. The zero-order chi connectivity index (χ0) is 22.4. The number of rotatable bonds is 2. The Hall–Kier alpha value is -1.79. The number of aliphatic hydroxyl groups excluding tert-OH is 2. The minimum Gasteiger partial charge on any atom is -0.385 e. The molecule has 0 unspecified atom stereocenters. The lowest BCUT2D eigenvalue weighted by molar-refractivity contribution is -0.149. The second-order valence-electron chi connectivity index (χ2n) is 9.94. The summed E-state index contributed by atoms with van der Waals surface area (Å²) in [5.74, 6) is -1.75. The molecule has 0 aromatic heterocycles. The van der Waals surface area contributed by atoms with Crippen molar-refractivity contribution in [2.75, 3.05) is 0 Å². The van der Waals surface area contributed by atoms with Gasteiger partial charge in [0.05, 0.1) is 0 Å². The molecule has 166 valence electrons. The van der Waals surface area contributed by atoms with E-state index in [0.29, 0.717) is 12.3 Å². The Balaban J connectivity index is 2.19. The van der Waals surface area contributed by atoms with Gasteiger partial charge in [0, 0.05) is 24.3 Å². The standard InChI is InChI=1S/C24H35NO5/c1-12(2)8-17-21-15(5)14(4)10-16-9-13(3)6-7-18(26)22(29)19(27)11-20(28)24(16,21)23(30)25-17/h9-10,12,15-19,21,26-27H,6-8,11H2,1-5H3,(H,25,30)/b13-9+/t15-,16+,17-,18+,19-,21-,24+/m1/s1. The van der Waals surface area contributed by atoms with Crippen LogP contribution < -0.4 is 5.32 Å². The number of nitrogens with one attached hydrogen (secondary N) is 1. The number of carbonyl (C=O) groups excluding carboxylic acids is 3. The van der Waals surface area contributed by atoms with Gasteiger partial charge >= 0.3 is 0 Å². The molecule has 7 atom stereocenters. The van der Waals surface area contributed by atoms with E-state index in [9.17, 15) is 24.6 Å². The summed E-state index contributed by atoms with van der Waals surface area (Å²) in [6, 6.07) is -0.139. The molecule has 0 bridgehead atoms. The highest BCUT2D eigenvalue weighted by Gasteiger charge is 2.65. The third-order valence-corrected chi connectivity index (χ3v) is 7.38. The van der Waals surface area contributed by atoms with Crippen molar-refractivity contribution < 1.29 is 24.6 Å². The first kappa shape index (κ1) is 22.9. The second kappa shape index (κ2) is 8.39. The Bertz CT molecular complexity index is 797. The van der Waals surface area contributed by atoms with Gasteiger partial charge in [0.1, 0.15) is 17.6 Å². The Morgan fingerprint density at radius 3 is 2.43 bits per heavy atom.